The molecule has 1 aromatic carbocycles. The van der Waals surface area contributed by atoms with E-state index in [0.29, 0.717) is 6.42 Å². The summed E-state index contributed by atoms with van der Waals surface area (Å²) in [6, 6.07) is 5.92. The minimum atomic E-state index is -0.165. The van der Waals surface area contributed by atoms with Gasteiger partial charge < -0.3 is 10.0 Å². The van der Waals surface area contributed by atoms with Crippen LogP contribution in [-0.4, -0.2) is 24.2 Å². The van der Waals surface area contributed by atoms with Crippen LogP contribution in [0, 0.1) is 18.8 Å². The van der Waals surface area contributed by atoms with E-state index >= 15 is 0 Å². The van der Waals surface area contributed by atoms with E-state index in [0.717, 1.165) is 42.6 Å². The fourth-order valence-corrected chi connectivity index (χ4v) is 2.36. The van der Waals surface area contributed by atoms with Crippen molar-refractivity contribution in [2.24, 2.45) is 0 Å². The van der Waals surface area contributed by atoms with E-state index in [-0.39, 0.29) is 12.5 Å². The van der Waals surface area contributed by atoms with Crippen molar-refractivity contribution in [2.75, 3.05) is 18.1 Å². The number of carbonyl (C=O) groups excluding carboxylic acids is 1. The number of carbonyl (C=O) groups is 1. The Morgan fingerprint density at radius 2 is 2.16 bits per heavy atom. The normalized spacial score (nSPS) is 15.7. The molecule has 0 aromatic heterocycles. The maximum Gasteiger partial charge on any atom is 0.227 e. The van der Waals surface area contributed by atoms with E-state index in [1.807, 2.05) is 30.0 Å². The molecule has 1 heterocycles. The third-order valence-electron chi connectivity index (χ3n) is 3.32. The molecular weight excluding hydrogens is 238 g/mol. The lowest BCUT2D eigenvalue weighted by Crippen LogP contribution is -2.30. The molecule has 0 spiro atoms. The lowest BCUT2D eigenvalue weighted by atomic mass is 10.1. The molecule has 1 fully saturated rings. The lowest BCUT2D eigenvalue weighted by Gasteiger charge is -2.22. The van der Waals surface area contributed by atoms with Gasteiger partial charge in [0.1, 0.15) is 6.61 Å². The van der Waals surface area contributed by atoms with E-state index in [1.54, 1.807) is 0 Å². The monoisotopic (exact) mass is 257 g/mol. The number of aryl methyl sites for hydroxylation is 1. The van der Waals surface area contributed by atoms with Gasteiger partial charge in [0, 0.05) is 18.5 Å². The van der Waals surface area contributed by atoms with Gasteiger partial charge in [-0.25, -0.2) is 0 Å². The molecule has 0 saturated carbocycles. The van der Waals surface area contributed by atoms with Gasteiger partial charge in [-0.2, -0.15) is 0 Å². The number of nitrogens with zero attached hydrogens (tertiary/aromatic N) is 1. The van der Waals surface area contributed by atoms with Gasteiger partial charge in [0.2, 0.25) is 5.91 Å². The Labute approximate surface area is 114 Å². The van der Waals surface area contributed by atoms with E-state index in [1.165, 1.54) is 0 Å². The Kier molecular flexibility index (Phi) is 4.59. The van der Waals surface area contributed by atoms with Crippen molar-refractivity contribution in [1.82, 2.24) is 0 Å². The lowest BCUT2D eigenvalue weighted by molar-refractivity contribution is -0.118. The third-order valence-corrected chi connectivity index (χ3v) is 3.32. The number of anilines is 1. The standard InChI is InChI=1S/C16H19NO2/c1-13-8-9-15(14(12-13)6-5-11-18)17-10-4-2-3-7-16(17)19/h8-9,12,18H,2-4,7,10-11H2,1H3. The second kappa shape index (κ2) is 6.40. The molecule has 0 bridgehead atoms. The first-order valence-electron chi connectivity index (χ1n) is 6.73. The summed E-state index contributed by atoms with van der Waals surface area (Å²) >= 11 is 0. The molecule has 1 N–H and O–H groups in total. The number of amides is 1. The minimum Gasteiger partial charge on any atom is -0.384 e. The summed E-state index contributed by atoms with van der Waals surface area (Å²) in [6.45, 7) is 2.59. The highest BCUT2D eigenvalue weighted by Crippen LogP contribution is 2.25. The smallest absolute Gasteiger partial charge is 0.227 e. The molecule has 0 unspecified atom stereocenters. The van der Waals surface area contributed by atoms with Crippen LogP contribution >= 0.6 is 0 Å². The second-order valence-corrected chi connectivity index (χ2v) is 4.84. The summed E-state index contributed by atoms with van der Waals surface area (Å²) in [5, 5.41) is 8.84. The molecule has 1 aliphatic heterocycles. The van der Waals surface area contributed by atoms with Crippen molar-refractivity contribution in [3.05, 3.63) is 29.3 Å². The predicted octanol–water partition coefficient (Wildman–Crippen LogP) is 2.25. The number of benzene rings is 1. The molecule has 0 aliphatic carbocycles. The van der Waals surface area contributed by atoms with Crippen molar-refractivity contribution in [2.45, 2.75) is 32.6 Å². The van der Waals surface area contributed by atoms with Crippen molar-refractivity contribution in [3.8, 4) is 11.8 Å². The molecule has 3 heteroatoms. The Morgan fingerprint density at radius 3 is 2.95 bits per heavy atom. The maximum absolute atomic E-state index is 12.2. The van der Waals surface area contributed by atoms with Gasteiger partial charge in [-0.05, 0) is 37.5 Å². The molecule has 19 heavy (non-hydrogen) atoms. The van der Waals surface area contributed by atoms with Gasteiger partial charge in [0.25, 0.3) is 0 Å². The van der Waals surface area contributed by atoms with Gasteiger partial charge in [-0.15, -0.1) is 0 Å². The first-order valence-corrected chi connectivity index (χ1v) is 6.73. The Bertz CT molecular complexity index is 525. The largest absolute Gasteiger partial charge is 0.384 e. The topological polar surface area (TPSA) is 40.5 Å². The Hall–Kier alpha value is -1.79. The first-order chi connectivity index (χ1) is 9.22. The van der Waals surface area contributed by atoms with E-state index in [2.05, 4.69) is 11.8 Å². The van der Waals surface area contributed by atoms with E-state index in [9.17, 15) is 4.79 Å². The average Bonchev–Trinajstić information content (AvgIpc) is 2.61. The van der Waals surface area contributed by atoms with Crippen LogP contribution in [0.3, 0.4) is 0 Å². The molecule has 0 atom stereocenters. The highest BCUT2D eigenvalue weighted by Gasteiger charge is 2.20. The van der Waals surface area contributed by atoms with Gasteiger partial charge in [0.05, 0.1) is 5.69 Å². The van der Waals surface area contributed by atoms with Crippen molar-refractivity contribution in [1.29, 1.82) is 0 Å². The van der Waals surface area contributed by atoms with Crippen LogP contribution in [-0.2, 0) is 4.79 Å². The van der Waals surface area contributed by atoms with Crippen LogP contribution in [0.1, 0.15) is 36.8 Å². The SMILES string of the molecule is Cc1ccc(N2CCCCCC2=O)c(C#CCO)c1. The molecule has 1 saturated heterocycles. The molecule has 1 aromatic rings. The number of aliphatic hydroxyl groups excluding tert-OH is 1. The van der Waals surface area contributed by atoms with Crippen molar-refractivity contribution >= 4 is 11.6 Å². The molecular formula is C16H19NO2. The minimum absolute atomic E-state index is 0.165. The summed E-state index contributed by atoms with van der Waals surface area (Å²) in [5.41, 5.74) is 2.80. The average molecular weight is 257 g/mol. The molecule has 3 nitrogen and oxygen atoms in total. The summed E-state index contributed by atoms with van der Waals surface area (Å²) < 4.78 is 0. The van der Waals surface area contributed by atoms with Crippen molar-refractivity contribution in [3.63, 3.8) is 0 Å². The maximum atomic E-state index is 12.2. The van der Waals surface area contributed by atoms with Gasteiger partial charge in [0.15, 0.2) is 0 Å². The Morgan fingerprint density at radius 1 is 1.32 bits per heavy atom. The molecule has 1 amide bonds. The van der Waals surface area contributed by atoms with E-state index in [4.69, 9.17) is 5.11 Å². The Balaban J connectivity index is 2.39. The van der Waals surface area contributed by atoms with Crippen LogP contribution in [0.5, 0.6) is 0 Å². The number of hydrogen-bond donors (Lipinski definition) is 1. The summed E-state index contributed by atoms with van der Waals surface area (Å²) in [5.74, 6) is 5.79. The van der Waals surface area contributed by atoms with Crippen LogP contribution < -0.4 is 4.90 Å². The van der Waals surface area contributed by atoms with Crippen LogP contribution in [0.4, 0.5) is 5.69 Å². The highest BCUT2D eigenvalue weighted by atomic mass is 16.2. The highest BCUT2D eigenvalue weighted by molar-refractivity contribution is 5.95. The second-order valence-electron chi connectivity index (χ2n) is 4.84. The molecule has 2 rings (SSSR count). The first kappa shape index (κ1) is 13.6. The fourth-order valence-electron chi connectivity index (χ4n) is 2.36. The van der Waals surface area contributed by atoms with E-state index < -0.39 is 0 Å². The third kappa shape index (κ3) is 3.36. The predicted molar refractivity (Wildman–Crippen MR) is 76.0 cm³/mol. The van der Waals surface area contributed by atoms with Crippen LogP contribution in [0.2, 0.25) is 0 Å². The number of rotatable bonds is 1. The summed E-state index contributed by atoms with van der Waals surface area (Å²) in [6.07, 6.45) is 3.72. The molecule has 100 valence electrons. The number of aliphatic hydroxyl groups is 1. The zero-order valence-electron chi connectivity index (χ0n) is 11.3. The zero-order valence-corrected chi connectivity index (χ0v) is 11.3. The van der Waals surface area contributed by atoms with Gasteiger partial charge in [-0.3, -0.25) is 4.79 Å². The molecule has 1 aliphatic rings. The summed E-state index contributed by atoms with van der Waals surface area (Å²) in [7, 11) is 0. The van der Waals surface area contributed by atoms with Crippen LogP contribution in [0.25, 0.3) is 0 Å². The summed E-state index contributed by atoms with van der Waals surface area (Å²) in [4.78, 5) is 14.0. The quantitative estimate of drug-likeness (QED) is 0.784. The fraction of sp³-hybridized carbons (Fsp3) is 0.438. The van der Waals surface area contributed by atoms with Crippen LogP contribution in [0.15, 0.2) is 18.2 Å². The van der Waals surface area contributed by atoms with Gasteiger partial charge in [-0.1, -0.05) is 24.3 Å². The van der Waals surface area contributed by atoms with Crippen molar-refractivity contribution < 1.29 is 9.90 Å². The number of hydrogen-bond acceptors (Lipinski definition) is 2. The zero-order chi connectivity index (χ0) is 13.7. The molecule has 0 radical (unpaired) electrons. The van der Waals surface area contributed by atoms with Gasteiger partial charge >= 0.3 is 0 Å².